The first-order valence-corrected chi connectivity index (χ1v) is 9.79. The fourth-order valence-corrected chi connectivity index (χ4v) is 3.49. The van der Waals surface area contributed by atoms with Gasteiger partial charge in [0.05, 0.1) is 0 Å². The van der Waals surface area contributed by atoms with Crippen molar-refractivity contribution in [2.45, 2.75) is 64.1 Å². The highest BCUT2D eigenvalue weighted by Gasteiger charge is 2.29. The Morgan fingerprint density at radius 3 is 2.29 bits per heavy atom. The molecule has 0 unspecified atom stereocenters. The summed E-state index contributed by atoms with van der Waals surface area (Å²) < 4.78 is 11.2. The van der Waals surface area contributed by atoms with Crippen LogP contribution < -0.4 is 10.1 Å². The van der Waals surface area contributed by atoms with E-state index in [0.717, 1.165) is 12.8 Å². The fraction of sp³-hybridized carbons (Fsp3) is 0.571. The van der Waals surface area contributed by atoms with Crippen molar-refractivity contribution in [3.63, 3.8) is 0 Å². The molecule has 2 aliphatic heterocycles. The minimum atomic E-state index is -0.624. The first-order chi connectivity index (χ1) is 13.2. The number of carbonyl (C=O) groups is 3. The number of nitrogens with zero attached hydrogens (tertiary/aromatic N) is 1. The van der Waals surface area contributed by atoms with Gasteiger partial charge in [-0.2, -0.15) is 0 Å². The summed E-state index contributed by atoms with van der Waals surface area (Å²) in [5.74, 6) is 0.362. The molecular weight excluding hydrogens is 360 g/mol. The molecular formula is C21H28N2O5. The van der Waals surface area contributed by atoms with Crippen LogP contribution in [-0.4, -0.2) is 47.6 Å². The largest absolute Gasteiger partial charge is 0.481 e. The third-order valence-electron chi connectivity index (χ3n) is 4.97. The Bertz CT molecular complexity index is 730. The molecule has 0 radical (unpaired) electrons. The van der Waals surface area contributed by atoms with E-state index in [1.165, 1.54) is 5.56 Å². The van der Waals surface area contributed by atoms with Crippen molar-refractivity contribution in [3.8, 4) is 5.75 Å². The second kappa shape index (κ2) is 8.20. The molecule has 1 N–H and O–H groups in total. The van der Waals surface area contributed by atoms with E-state index >= 15 is 0 Å². The number of hydrogen-bond acceptors (Lipinski definition) is 5. The van der Waals surface area contributed by atoms with Crippen molar-refractivity contribution >= 4 is 17.9 Å². The van der Waals surface area contributed by atoms with Gasteiger partial charge in [-0.3, -0.25) is 14.9 Å². The Balaban J connectivity index is 1.51. The van der Waals surface area contributed by atoms with Crippen LogP contribution in [0, 0.1) is 0 Å². The standard InChI is InChI=1S/C21H28N2O5/c1-21(2,3)28-20(26)23-12-10-15(11-13-23)14-4-6-16(7-5-14)27-17-8-9-18(24)22-19(17)25/h4-7,15,17H,8-13H2,1-3H3,(H,22,24,25)/t17-/m1/s1. The second-order valence-corrected chi connectivity index (χ2v) is 8.37. The smallest absolute Gasteiger partial charge is 0.410 e. The van der Waals surface area contributed by atoms with Crippen LogP contribution >= 0.6 is 0 Å². The molecule has 1 atom stereocenters. The zero-order valence-corrected chi connectivity index (χ0v) is 16.7. The van der Waals surface area contributed by atoms with Crippen molar-refractivity contribution in [2.75, 3.05) is 13.1 Å². The lowest BCUT2D eigenvalue weighted by atomic mass is 9.89. The average molecular weight is 388 g/mol. The molecule has 0 saturated carbocycles. The van der Waals surface area contributed by atoms with Crippen molar-refractivity contribution in [3.05, 3.63) is 29.8 Å². The summed E-state index contributed by atoms with van der Waals surface area (Å²) in [4.78, 5) is 36.9. The maximum atomic E-state index is 12.2. The predicted molar refractivity (Wildman–Crippen MR) is 103 cm³/mol. The first-order valence-electron chi connectivity index (χ1n) is 9.79. The molecule has 3 amide bonds. The molecule has 3 rings (SSSR count). The van der Waals surface area contributed by atoms with Crippen LogP contribution in [0.3, 0.4) is 0 Å². The quantitative estimate of drug-likeness (QED) is 0.805. The number of hydrogen-bond donors (Lipinski definition) is 1. The van der Waals surface area contributed by atoms with E-state index in [1.807, 2.05) is 45.0 Å². The predicted octanol–water partition coefficient (Wildman–Crippen LogP) is 2.99. The van der Waals surface area contributed by atoms with E-state index in [4.69, 9.17) is 9.47 Å². The molecule has 152 valence electrons. The van der Waals surface area contributed by atoms with Gasteiger partial charge in [0.25, 0.3) is 5.91 Å². The third-order valence-corrected chi connectivity index (χ3v) is 4.97. The van der Waals surface area contributed by atoms with Gasteiger partial charge in [0, 0.05) is 25.9 Å². The molecule has 2 saturated heterocycles. The molecule has 2 aliphatic rings. The molecule has 7 heteroatoms. The van der Waals surface area contributed by atoms with Gasteiger partial charge in [-0.1, -0.05) is 12.1 Å². The maximum Gasteiger partial charge on any atom is 0.410 e. The number of benzene rings is 1. The monoisotopic (exact) mass is 388 g/mol. The van der Waals surface area contributed by atoms with Crippen LogP contribution in [0.25, 0.3) is 0 Å². The van der Waals surface area contributed by atoms with E-state index in [1.54, 1.807) is 4.90 Å². The van der Waals surface area contributed by atoms with Gasteiger partial charge < -0.3 is 14.4 Å². The molecule has 2 fully saturated rings. The van der Waals surface area contributed by atoms with Crippen molar-refractivity contribution in [1.29, 1.82) is 0 Å². The van der Waals surface area contributed by atoms with Crippen molar-refractivity contribution < 1.29 is 23.9 Å². The summed E-state index contributed by atoms with van der Waals surface area (Å²) in [6.07, 6.45) is 1.58. The number of carbonyl (C=O) groups excluding carboxylic acids is 3. The molecule has 0 aliphatic carbocycles. The number of piperidine rings is 2. The highest BCUT2D eigenvalue weighted by atomic mass is 16.6. The van der Waals surface area contributed by atoms with Crippen molar-refractivity contribution in [1.82, 2.24) is 10.2 Å². The van der Waals surface area contributed by atoms with Gasteiger partial charge in [0.15, 0.2) is 6.10 Å². The number of amides is 3. The van der Waals surface area contributed by atoms with Crippen LogP contribution in [0.4, 0.5) is 4.79 Å². The lowest BCUT2D eigenvalue weighted by Crippen LogP contribution is -2.46. The average Bonchev–Trinajstić information content (AvgIpc) is 2.63. The number of rotatable bonds is 3. The number of ether oxygens (including phenoxy) is 2. The Morgan fingerprint density at radius 1 is 1.07 bits per heavy atom. The zero-order valence-electron chi connectivity index (χ0n) is 16.7. The molecule has 0 spiro atoms. The summed E-state index contributed by atoms with van der Waals surface area (Å²) in [7, 11) is 0. The summed E-state index contributed by atoms with van der Waals surface area (Å²) in [5.41, 5.74) is 0.714. The first kappa shape index (κ1) is 20.2. The molecule has 1 aromatic carbocycles. The summed E-state index contributed by atoms with van der Waals surface area (Å²) in [6.45, 7) is 6.96. The minimum Gasteiger partial charge on any atom is -0.481 e. The summed E-state index contributed by atoms with van der Waals surface area (Å²) >= 11 is 0. The van der Waals surface area contributed by atoms with E-state index in [9.17, 15) is 14.4 Å². The molecule has 1 aromatic rings. The van der Waals surface area contributed by atoms with Gasteiger partial charge in [0.2, 0.25) is 5.91 Å². The Hall–Kier alpha value is -2.57. The van der Waals surface area contributed by atoms with Crippen LogP contribution in [0.2, 0.25) is 0 Å². The number of imide groups is 1. The third kappa shape index (κ3) is 5.24. The molecule has 28 heavy (non-hydrogen) atoms. The SMILES string of the molecule is CC(C)(C)OC(=O)N1CCC(c2ccc(O[C@@H]3CCC(=O)NC3=O)cc2)CC1. The Labute approximate surface area is 165 Å². The number of nitrogens with one attached hydrogen (secondary N) is 1. The molecule has 7 nitrogen and oxygen atoms in total. The van der Waals surface area contributed by atoms with Gasteiger partial charge in [0.1, 0.15) is 11.4 Å². The van der Waals surface area contributed by atoms with Crippen LogP contribution in [-0.2, 0) is 14.3 Å². The summed E-state index contributed by atoms with van der Waals surface area (Å²) in [5, 5.41) is 2.29. The van der Waals surface area contributed by atoms with E-state index in [2.05, 4.69) is 5.32 Å². The molecule has 0 bridgehead atoms. The van der Waals surface area contributed by atoms with Crippen LogP contribution in [0.5, 0.6) is 5.75 Å². The second-order valence-electron chi connectivity index (χ2n) is 8.37. The van der Waals surface area contributed by atoms with Crippen LogP contribution in [0.1, 0.15) is 57.9 Å². The van der Waals surface area contributed by atoms with E-state index in [0.29, 0.717) is 37.6 Å². The van der Waals surface area contributed by atoms with E-state index in [-0.39, 0.29) is 17.9 Å². The minimum absolute atomic E-state index is 0.251. The van der Waals surface area contributed by atoms with Crippen molar-refractivity contribution in [2.24, 2.45) is 0 Å². The normalized spacial score (nSPS) is 21.2. The maximum absolute atomic E-state index is 12.2. The highest BCUT2D eigenvalue weighted by molar-refractivity contribution is 5.99. The van der Waals surface area contributed by atoms with Gasteiger partial charge in [-0.05, 0) is 57.2 Å². The zero-order chi connectivity index (χ0) is 20.3. The fourth-order valence-electron chi connectivity index (χ4n) is 3.49. The van der Waals surface area contributed by atoms with Gasteiger partial charge in [-0.25, -0.2) is 4.79 Å². The Morgan fingerprint density at radius 2 is 1.71 bits per heavy atom. The lowest BCUT2D eigenvalue weighted by molar-refractivity contribution is -0.138. The van der Waals surface area contributed by atoms with Gasteiger partial charge in [-0.15, -0.1) is 0 Å². The Kier molecular flexibility index (Phi) is 5.91. The topological polar surface area (TPSA) is 84.9 Å². The lowest BCUT2D eigenvalue weighted by Gasteiger charge is -2.33. The van der Waals surface area contributed by atoms with Crippen LogP contribution in [0.15, 0.2) is 24.3 Å². The molecule has 2 heterocycles. The van der Waals surface area contributed by atoms with E-state index < -0.39 is 11.7 Å². The van der Waals surface area contributed by atoms with Gasteiger partial charge >= 0.3 is 6.09 Å². The number of likely N-dealkylation sites (tertiary alicyclic amines) is 1. The molecule has 0 aromatic heterocycles. The highest BCUT2D eigenvalue weighted by Crippen LogP contribution is 2.30. The summed E-state index contributed by atoms with van der Waals surface area (Å²) in [6, 6.07) is 7.74.